The second kappa shape index (κ2) is 8.11. The molecule has 0 aromatic heterocycles. The molecule has 0 unspecified atom stereocenters. The van der Waals surface area contributed by atoms with E-state index >= 15 is 0 Å². The summed E-state index contributed by atoms with van der Waals surface area (Å²) in [6.45, 7) is 1.78. The van der Waals surface area contributed by atoms with Gasteiger partial charge in [-0.1, -0.05) is 30.3 Å². The highest BCUT2D eigenvalue weighted by atomic mass is 35.5. The van der Waals surface area contributed by atoms with E-state index in [1.165, 1.54) is 0 Å². The van der Waals surface area contributed by atoms with Crippen LogP contribution in [0.5, 0.6) is 0 Å². The third-order valence-electron chi connectivity index (χ3n) is 2.81. The van der Waals surface area contributed by atoms with Gasteiger partial charge < -0.3 is 5.73 Å². The van der Waals surface area contributed by atoms with Crippen molar-refractivity contribution < 1.29 is 18.0 Å². The molecule has 1 aromatic rings. The van der Waals surface area contributed by atoms with E-state index < -0.39 is 24.5 Å². The van der Waals surface area contributed by atoms with E-state index in [1.807, 2.05) is 30.3 Å². The lowest BCUT2D eigenvalue weighted by molar-refractivity contribution is -0.138. The first kappa shape index (κ1) is 18.7. The van der Waals surface area contributed by atoms with Gasteiger partial charge in [-0.3, -0.25) is 10.1 Å². The summed E-state index contributed by atoms with van der Waals surface area (Å²) < 4.78 is 36.5. The van der Waals surface area contributed by atoms with Crippen molar-refractivity contribution in [2.45, 2.75) is 38.0 Å². The summed E-state index contributed by atoms with van der Waals surface area (Å²) in [5, 5.41) is 2.83. The van der Waals surface area contributed by atoms with E-state index in [0.29, 0.717) is 0 Å². The average molecular weight is 311 g/mol. The van der Waals surface area contributed by atoms with Crippen LogP contribution < -0.4 is 11.1 Å². The fourth-order valence-electron chi connectivity index (χ4n) is 1.76. The van der Waals surface area contributed by atoms with Crippen molar-refractivity contribution in [3.05, 3.63) is 35.9 Å². The van der Waals surface area contributed by atoms with Crippen molar-refractivity contribution in [2.24, 2.45) is 5.73 Å². The van der Waals surface area contributed by atoms with E-state index in [-0.39, 0.29) is 24.9 Å². The van der Waals surface area contributed by atoms with Crippen LogP contribution in [0.25, 0.3) is 0 Å². The summed E-state index contributed by atoms with van der Waals surface area (Å²) in [7, 11) is 0. The maximum Gasteiger partial charge on any atom is 0.389 e. The summed E-state index contributed by atoms with van der Waals surface area (Å²) in [6, 6.07) is 7.92. The van der Waals surface area contributed by atoms with Crippen LogP contribution in [0, 0.1) is 0 Å². The molecule has 1 amide bonds. The topological polar surface area (TPSA) is 55.1 Å². The van der Waals surface area contributed by atoms with Gasteiger partial charge in [-0.2, -0.15) is 13.2 Å². The first-order chi connectivity index (χ1) is 8.79. The number of halogens is 4. The number of carbonyl (C=O) groups is 1. The number of hydrogen-bond donors (Lipinski definition) is 2. The zero-order valence-electron chi connectivity index (χ0n) is 11.0. The summed E-state index contributed by atoms with van der Waals surface area (Å²) in [6.07, 6.45) is -5.67. The van der Waals surface area contributed by atoms with Crippen LogP contribution in [0.4, 0.5) is 13.2 Å². The van der Waals surface area contributed by atoms with E-state index in [4.69, 9.17) is 5.73 Å². The number of hydrogen-bond acceptors (Lipinski definition) is 2. The summed E-state index contributed by atoms with van der Waals surface area (Å²) in [4.78, 5) is 11.2. The van der Waals surface area contributed by atoms with Crippen LogP contribution in [0.2, 0.25) is 0 Å². The predicted octanol–water partition coefficient (Wildman–Crippen LogP) is 2.96. The number of benzene rings is 1. The number of carbonyl (C=O) groups excluding carboxylic acids is 1. The zero-order valence-corrected chi connectivity index (χ0v) is 11.8. The molecule has 0 fully saturated rings. The highest BCUT2D eigenvalue weighted by molar-refractivity contribution is 5.85. The smallest absolute Gasteiger partial charge is 0.368 e. The second-order valence-electron chi connectivity index (χ2n) is 4.41. The molecule has 0 saturated heterocycles. The molecular weight excluding hydrogens is 293 g/mol. The van der Waals surface area contributed by atoms with Crippen LogP contribution in [0.15, 0.2) is 30.3 Å². The fraction of sp³-hybridized carbons (Fsp3) is 0.462. The third-order valence-corrected chi connectivity index (χ3v) is 2.81. The molecule has 0 aliphatic rings. The lowest BCUT2D eigenvalue weighted by Crippen LogP contribution is -2.43. The molecule has 1 rings (SSSR count). The number of rotatable bonds is 6. The molecule has 20 heavy (non-hydrogen) atoms. The quantitative estimate of drug-likeness (QED) is 0.849. The van der Waals surface area contributed by atoms with Crippen LogP contribution in [-0.4, -0.2) is 18.1 Å². The maximum absolute atomic E-state index is 12.2. The molecule has 1 aromatic carbocycles. The molecule has 114 valence electrons. The van der Waals surface area contributed by atoms with E-state index in [1.54, 1.807) is 6.92 Å². The van der Waals surface area contributed by atoms with Gasteiger partial charge in [-0.15, -0.1) is 12.4 Å². The van der Waals surface area contributed by atoms with Crippen molar-refractivity contribution in [3.63, 3.8) is 0 Å². The van der Waals surface area contributed by atoms with Gasteiger partial charge in [0.05, 0.1) is 6.04 Å². The Morgan fingerprint density at radius 3 is 2.30 bits per heavy atom. The van der Waals surface area contributed by atoms with Crippen LogP contribution in [-0.2, 0) is 4.79 Å². The average Bonchev–Trinajstić information content (AvgIpc) is 2.33. The molecule has 0 radical (unpaired) electrons. The third kappa shape index (κ3) is 6.77. The van der Waals surface area contributed by atoms with Gasteiger partial charge >= 0.3 is 6.18 Å². The SMILES string of the molecule is C[C@@H](N[C@H](CCC(F)(F)F)C(N)=O)c1ccccc1.Cl. The molecule has 0 aliphatic carbocycles. The van der Waals surface area contributed by atoms with Gasteiger partial charge in [0.15, 0.2) is 0 Å². The Morgan fingerprint density at radius 2 is 1.85 bits per heavy atom. The Morgan fingerprint density at radius 1 is 1.30 bits per heavy atom. The van der Waals surface area contributed by atoms with Gasteiger partial charge in [0, 0.05) is 12.5 Å². The van der Waals surface area contributed by atoms with Gasteiger partial charge in [0.25, 0.3) is 0 Å². The number of primary amides is 1. The minimum Gasteiger partial charge on any atom is -0.368 e. The molecule has 0 spiro atoms. The minimum atomic E-state index is -4.29. The highest BCUT2D eigenvalue weighted by Crippen LogP contribution is 2.23. The number of nitrogens with one attached hydrogen (secondary N) is 1. The standard InChI is InChI=1S/C13H17F3N2O.ClH/c1-9(10-5-3-2-4-6-10)18-11(12(17)19)7-8-13(14,15)16;/h2-6,9,11,18H,7-8H2,1H3,(H2,17,19);1H/t9-,11-;/m1./s1. The Labute approximate surface area is 122 Å². The Kier molecular flexibility index (Phi) is 7.60. The minimum absolute atomic E-state index is 0. The summed E-state index contributed by atoms with van der Waals surface area (Å²) in [5.41, 5.74) is 6.01. The maximum atomic E-state index is 12.2. The fourth-order valence-corrected chi connectivity index (χ4v) is 1.76. The van der Waals surface area contributed by atoms with Gasteiger partial charge in [0.2, 0.25) is 5.91 Å². The van der Waals surface area contributed by atoms with Gasteiger partial charge in [-0.05, 0) is 18.9 Å². The van der Waals surface area contributed by atoms with E-state index in [0.717, 1.165) is 5.56 Å². The highest BCUT2D eigenvalue weighted by Gasteiger charge is 2.30. The number of amides is 1. The zero-order chi connectivity index (χ0) is 14.5. The van der Waals surface area contributed by atoms with Crippen LogP contribution >= 0.6 is 12.4 Å². The normalized spacial score (nSPS) is 14.2. The first-order valence-electron chi connectivity index (χ1n) is 5.96. The summed E-state index contributed by atoms with van der Waals surface area (Å²) in [5.74, 6) is -0.771. The van der Waals surface area contributed by atoms with Gasteiger partial charge in [0.1, 0.15) is 0 Å². The Hall–Kier alpha value is -1.27. The second-order valence-corrected chi connectivity index (χ2v) is 4.41. The molecule has 7 heteroatoms. The van der Waals surface area contributed by atoms with E-state index in [2.05, 4.69) is 5.32 Å². The monoisotopic (exact) mass is 310 g/mol. The Balaban J connectivity index is 0.00000361. The molecular formula is C13H18ClF3N2O. The molecule has 2 atom stereocenters. The lowest BCUT2D eigenvalue weighted by Gasteiger charge is -2.21. The predicted molar refractivity (Wildman–Crippen MR) is 73.5 cm³/mol. The van der Waals surface area contributed by atoms with Crippen molar-refractivity contribution in [3.8, 4) is 0 Å². The molecule has 3 N–H and O–H groups in total. The van der Waals surface area contributed by atoms with Crippen LogP contribution in [0.3, 0.4) is 0 Å². The van der Waals surface area contributed by atoms with E-state index in [9.17, 15) is 18.0 Å². The number of nitrogens with two attached hydrogens (primary N) is 1. The van der Waals surface area contributed by atoms with Crippen molar-refractivity contribution >= 4 is 18.3 Å². The van der Waals surface area contributed by atoms with Crippen molar-refractivity contribution in [2.75, 3.05) is 0 Å². The molecule has 0 aliphatic heterocycles. The number of alkyl halides is 3. The van der Waals surface area contributed by atoms with Gasteiger partial charge in [-0.25, -0.2) is 0 Å². The lowest BCUT2D eigenvalue weighted by atomic mass is 10.1. The first-order valence-corrected chi connectivity index (χ1v) is 5.96. The molecule has 3 nitrogen and oxygen atoms in total. The van der Waals surface area contributed by atoms with Crippen molar-refractivity contribution in [1.29, 1.82) is 0 Å². The molecule has 0 bridgehead atoms. The van der Waals surface area contributed by atoms with Crippen LogP contribution in [0.1, 0.15) is 31.4 Å². The van der Waals surface area contributed by atoms with Crippen molar-refractivity contribution in [1.82, 2.24) is 5.32 Å². The largest absolute Gasteiger partial charge is 0.389 e. The summed E-state index contributed by atoms with van der Waals surface area (Å²) >= 11 is 0. The molecule has 0 heterocycles. The Bertz CT molecular complexity index is 412. The molecule has 0 saturated carbocycles.